The molecule has 0 saturated heterocycles. The molecule has 0 radical (unpaired) electrons. The highest BCUT2D eigenvalue weighted by Crippen LogP contribution is 2.26. The van der Waals surface area contributed by atoms with Crippen molar-refractivity contribution in [1.29, 1.82) is 0 Å². The second kappa shape index (κ2) is 4.03. The van der Waals surface area contributed by atoms with Gasteiger partial charge >= 0.3 is 5.97 Å². The fraction of sp³-hybridized carbons (Fsp3) is 0.222. The first-order valence-corrected chi connectivity index (χ1v) is 5.24. The largest absolute Gasteiger partial charge is 0.478 e. The van der Waals surface area contributed by atoms with Crippen LogP contribution in [0.15, 0.2) is 17.0 Å². The molecule has 0 fully saturated rings. The molecule has 0 spiro atoms. The van der Waals surface area contributed by atoms with Crippen LogP contribution in [0.1, 0.15) is 15.9 Å². The van der Waals surface area contributed by atoms with Crippen LogP contribution in [0.4, 0.5) is 0 Å². The second-order valence-corrected chi connectivity index (χ2v) is 3.86. The lowest BCUT2D eigenvalue weighted by molar-refractivity contribution is 0.0697. The van der Waals surface area contributed by atoms with E-state index in [1.165, 1.54) is 11.8 Å². The number of benzene rings is 1. The van der Waals surface area contributed by atoms with Gasteiger partial charge in [0.15, 0.2) is 0 Å². The van der Waals surface area contributed by atoms with E-state index in [0.29, 0.717) is 5.02 Å². The minimum Gasteiger partial charge on any atom is -0.478 e. The van der Waals surface area contributed by atoms with Gasteiger partial charge in [0.2, 0.25) is 0 Å². The van der Waals surface area contributed by atoms with E-state index < -0.39 is 5.97 Å². The minimum atomic E-state index is -0.986. The molecule has 0 aliphatic carbocycles. The van der Waals surface area contributed by atoms with Gasteiger partial charge in [0.25, 0.3) is 0 Å². The maximum Gasteiger partial charge on any atom is 0.337 e. The van der Waals surface area contributed by atoms with E-state index in [1.807, 2.05) is 13.2 Å². The summed E-state index contributed by atoms with van der Waals surface area (Å²) in [6.45, 7) is 1.91. The number of carbonyl (C=O) groups is 1. The molecule has 1 rings (SSSR count). The third kappa shape index (κ3) is 2.17. The lowest BCUT2D eigenvalue weighted by Crippen LogP contribution is -1.98. The van der Waals surface area contributed by atoms with Crippen LogP contribution < -0.4 is 0 Å². The zero-order valence-corrected chi connectivity index (χ0v) is 8.87. The van der Waals surface area contributed by atoms with Crippen molar-refractivity contribution in [3.63, 3.8) is 0 Å². The van der Waals surface area contributed by atoms with Gasteiger partial charge in [0.1, 0.15) is 0 Å². The van der Waals surface area contributed by atoms with E-state index in [1.54, 1.807) is 12.1 Å². The van der Waals surface area contributed by atoms with Crippen molar-refractivity contribution in [2.45, 2.75) is 11.8 Å². The van der Waals surface area contributed by atoms with Crippen LogP contribution in [0.25, 0.3) is 0 Å². The molecule has 2 nitrogen and oxygen atoms in total. The van der Waals surface area contributed by atoms with E-state index in [-0.39, 0.29) is 5.56 Å². The number of rotatable bonds is 2. The highest BCUT2D eigenvalue weighted by atomic mass is 35.5. The first kappa shape index (κ1) is 10.4. The Bertz CT molecular complexity index is 350. The van der Waals surface area contributed by atoms with Gasteiger partial charge in [-0.05, 0) is 30.9 Å². The maximum atomic E-state index is 10.7. The number of carboxylic acids is 1. The van der Waals surface area contributed by atoms with Crippen molar-refractivity contribution in [3.05, 3.63) is 28.3 Å². The molecule has 0 unspecified atom stereocenters. The van der Waals surface area contributed by atoms with E-state index in [0.717, 1.165) is 10.5 Å². The molecule has 0 amide bonds. The van der Waals surface area contributed by atoms with E-state index in [9.17, 15) is 4.79 Å². The highest BCUT2D eigenvalue weighted by Gasteiger charge is 2.10. The average molecular weight is 217 g/mol. The zero-order valence-electron chi connectivity index (χ0n) is 7.30. The molecule has 1 aromatic rings. The molecule has 0 heterocycles. The Kier molecular flexibility index (Phi) is 3.22. The van der Waals surface area contributed by atoms with Gasteiger partial charge in [-0.15, -0.1) is 11.8 Å². The molecule has 1 aromatic carbocycles. The number of hydrogen-bond acceptors (Lipinski definition) is 2. The minimum absolute atomic E-state index is 0.164. The summed E-state index contributed by atoms with van der Waals surface area (Å²) >= 11 is 7.28. The van der Waals surface area contributed by atoms with Gasteiger partial charge in [0, 0.05) is 4.90 Å². The van der Waals surface area contributed by atoms with E-state index >= 15 is 0 Å². The summed E-state index contributed by atoms with van der Waals surface area (Å²) in [6.07, 6.45) is 1.90. The first-order valence-electron chi connectivity index (χ1n) is 3.63. The van der Waals surface area contributed by atoms with Gasteiger partial charge in [-0.2, -0.15) is 0 Å². The van der Waals surface area contributed by atoms with Gasteiger partial charge in [-0.25, -0.2) is 4.79 Å². The van der Waals surface area contributed by atoms with E-state index in [4.69, 9.17) is 16.7 Å². The summed E-state index contributed by atoms with van der Waals surface area (Å²) in [7, 11) is 0. The molecule has 70 valence electrons. The smallest absolute Gasteiger partial charge is 0.337 e. The van der Waals surface area contributed by atoms with Gasteiger partial charge in [-0.1, -0.05) is 11.6 Å². The monoisotopic (exact) mass is 216 g/mol. The summed E-state index contributed by atoms with van der Waals surface area (Å²) in [5, 5.41) is 9.08. The van der Waals surface area contributed by atoms with Crippen LogP contribution in [-0.2, 0) is 0 Å². The van der Waals surface area contributed by atoms with Gasteiger partial charge < -0.3 is 5.11 Å². The third-order valence-corrected chi connectivity index (χ3v) is 2.91. The second-order valence-electron chi connectivity index (χ2n) is 2.61. The Hall–Kier alpha value is -0.670. The molecule has 0 aliphatic heterocycles. The molecule has 0 aromatic heterocycles. The Morgan fingerprint density at radius 2 is 2.15 bits per heavy atom. The summed E-state index contributed by atoms with van der Waals surface area (Å²) in [4.78, 5) is 11.7. The normalized spacial score (nSPS) is 10.1. The molecular weight excluding hydrogens is 208 g/mol. The zero-order chi connectivity index (χ0) is 10.0. The molecule has 0 aliphatic rings. The fourth-order valence-electron chi connectivity index (χ4n) is 1.04. The standard InChI is InChI=1S/C9H9ClO2S/c1-5-3-7(10)6(9(11)12)4-8(5)13-2/h3-4H,1-2H3,(H,11,12). The topological polar surface area (TPSA) is 37.3 Å². The predicted molar refractivity (Wildman–Crippen MR) is 54.9 cm³/mol. The van der Waals surface area contributed by atoms with Crippen LogP contribution >= 0.6 is 23.4 Å². The quantitative estimate of drug-likeness (QED) is 0.772. The first-order chi connectivity index (χ1) is 6.06. The SMILES string of the molecule is CSc1cc(C(=O)O)c(Cl)cc1C. The third-order valence-electron chi connectivity index (χ3n) is 1.71. The molecular formula is C9H9ClO2S. The molecule has 0 atom stereocenters. The number of carboxylic acid groups (broad SMARTS) is 1. The fourth-order valence-corrected chi connectivity index (χ4v) is 1.95. The Balaban J connectivity index is 3.30. The van der Waals surface area contributed by atoms with E-state index in [2.05, 4.69) is 0 Å². The van der Waals surface area contributed by atoms with Crippen LogP contribution in [0.2, 0.25) is 5.02 Å². The van der Waals surface area contributed by atoms with Crippen molar-refractivity contribution in [2.24, 2.45) is 0 Å². The van der Waals surface area contributed by atoms with Crippen LogP contribution in [0.5, 0.6) is 0 Å². The number of aromatic carboxylic acids is 1. The molecule has 4 heteroatoms. The summed E-state index contributed by atoms with van der Waals surface area (Å²) in [5.41, 5.74) is 1.17. The maximum absolute atomic E-state index is 10.7. The average Bonchev–Trinajstić information content (AvgIpc) is 2.03. The Labute approximate surface area is 85.9 Å². The Morgan fingerprint density at radius 1 is 1.54 bits per heavy atom. The summed E-state index contributed by atoms with van der Waals surface area (Å²) < 4.78 is 0. The predicted octanol–water partition coefficient (Wildman–Crippen LogP) is 3.07. The Morgan fingerprint density at radius 3 is 2.62 bits per heavy atom. The molecule has 0 saturated carbocycles. The highest BCUT2D eigenvalue weighted by molar-refractivity contribution is 7.98. The van der Waals surface area contributed by atoms with Crippen molar-refractivity contribution in [2.75, 3.05) is 6.26 Å². The lowest BCUT2D eigenvalue weighted by Gasteiger charge is -2.05. The lowest BCUT2D eigenvalue weighted by atomic mass is 10.1. The number of halogens is 1. The molecule has 13 heavy (non-hydrogen) atoms. The van der Waals surface area contributed by atoms with Gasteiger partial charge in [0.05, 0.1) is 10.6 Å². The number of thioether (sulfide) groups is 1. The van der Waals surface area contributed by atoms with Crippen molar-refractivity contribution >= 4 is 29.3 Å². The van der Waals surface area contributed by atoms with Crippen LogP contribution in [0, 0.1) is 6.92 Å². The summed E-state index contributed by atoms with van der Waals surface area (Å²) in [6, 6.07) is 3.28. The van der Waals surface area contributed by atoms with Crippen molar-refractivity contribution in [1.82, 2.24) is 0 Å². The van der Waals surface area contributed by atoms with Crippen LogP contribution in [0.3, 0.4) is 0 Å². The van der Waals surface area contributed by atoms with Gasteiger partial charge in [-0.3, -0.25) is 0 Å². The molecule has 0 bridgehead atoms. The molecule has 1 N–H and O–H groups in total. The van der Waals surface area contributed by atoms with Crippen LogP contribution in [-0.4, -0.2) is 17.3 Å². The summed E-state index contributed by atoms with van der Waals surface area (Å²) in [5.74, 6) is -0.986. The van der Waals surface area contributed by atoms with Crippen molar-refractivity contribution in [3.8, 4) is 0 Å². The van der Waals surface area contributed by atoms with Crippen molar-refractivity contribution < 1.29 is 9.90 Å². The number of hydrogen-bond donors (Lipinski definition) is 1. The number of aryl methyl sites for hydroxylation is 1.